The lowest BCUT2D eigenvalue weighted by Crippen LogP contribution is -1.98. The van der Waals surface area contributed by atoms with Crippen molar-refractivity contribution in [2.75, 3.05) is 0 Å². The first-order valence-electron chi connectivity index (χ1n) is 8.27. The minimum Gasteiger partial charge on any atom is -0.225 e. The Morgan fingerprint density at radius 3 is 2.88 bits per heavy atom. The fraction of sp³-hybridized carbons (Fsp3) is 0.263. The molecule has 1 aliphatic rings. The Bertz CT molecular complexity index is 896. The van der Waals surface area contributed by atoms with Crippen LogP contribution in [0.4, 0.5) is 5.82 Å². The minimum atomic E-state index is 0.698. The molecule has 2 aromatic heterocycles. The van der Waals surface area contributed by atoms with Gasteiger partial charge < -0.3 is 0 Å². The van der Waals surface area contributed by atoms with Gasteiger partial charge in [0.15, 0.2) is 5.82 Å². The molecule has 0 radical (unpaired) electrons. The average Bonchev–Trinajstić information content (AvgIpc) is 3.02. The molecule has 120 valence electrons. The van der Waals surface area contributed by atoms with Gasteiger partial charge in [-0.05, 0) is 43.2 Å². The number of azo groups is 1. The predicted octanol–water partition coefficient (Wildman–Crippen LogP) is 5.41. The van der Waals surface area contributed by atoms with Gasteiger partial charge in [0.1, 0.15) is 11.2 Å². The molecule has 0 spiro atoms. The van der Waals surface area contributed by atoms with Crippen LogP contribution in [0.1, 0.15) is 28.8 Å². The Balaban J connectivity index is 1.55. The third kappa shape index (κ3) is 3.12. The molecule has 0 aliphatic heterocycles. The second-order valence-corrected chi connectivity index (χ2v) is 6.96. The number of aromatic nitrogens is 2. The third-order valence-electron chi connectivity index (χ3n) is 4.25. The highest BCUT2D eigenvalue weighted by Crippen LogP contribution is 2.38. The van der Waals surface area contributed by atoms with Crippen LogP contribution in [0, 0.1) is 0 Å². The van der Waals surface area contributed by atoms with Gasteiger partial charge in [-0.1, -0.05) is 36.4 Å². The smallest absolute Gasteiger partial charge is 0.186 e. The summed E-state index contributed by atoms with van der Waals surface area (Å²) in [6, 6.07) is 10.3. The van der Waals surface area contributed by atoms with E-state index in [1.54, 1.807) is 23.9 Å². The maximum Gasteiger partial charge on any atom is 0.186 e. The summed E-state index contributed by atoms with van der Waals surface area (Å²) in [6.45, 7) is 0. The van der Waals surface area contributed by atoms with E-state index < -0.39 is 0 Å². The first-order chi connectivity index (χ1) is 11.9. The molecule has 0 saturated heterocycles. The van der Waals surface area contributed by atoms with Crippen LogP contribution in [0.2, 0.25) is 0 Å². The van der Waals surface area contributed by atoms with Gasteiger partial charge in [-0.25, -0.2) is 9.97 Å². The quantitative estimate of drug-likeness (QED) is 0.599. The number of aryl methyl sites for hydroxylation is 2. The first kappa shape index (κ1) is 15.1. The van der Waals surface area contributed by atoms with Gasteiger partial charge in [-0.3, -0.25) is 0 Å². The van der Waals surface area contributed by atoms with E-state index in [1.165, 1.54) is 28.8 Å². The number of fused-ring (bicyclic) bond motifs is 3. The lowest BCUT2D eigenvalue weighted by atomic mass is 9.97. The van der Waals surface area contributed by atoms with Crippen LogP contribution in [-0.4, -0.2) is 9.97 Å². The summed E-state index contributed by atoms with van der Waals surface area (Å²) in [7, 11) is 0. The van der Waals surface area contributed by atoms with Gasteiger partial charge in [0.2, 0.25) is 0 Å². The normalized spacial score (nSPS) is 14.7. The lowest BCUT2D eigenvalue weighted by molar-refractivity contribution is 0.700. The SMILES string of the molecule is C(=C\N=Nc1ncnc2sc3c(c12)CCCC3)/Cc1ccccc1. The number of hydrogen-bond donors (Lipinski definition) is 0. The molecule has 0 fully saturated rings. The Hall–Kier alpha value is -2.40. The maximum atomic E-state index is 4.42. The van der Waals surface area contributed by atoms with Gasteiger partial charge in [-0.15, -0.1) is 16.5 Å². The van der Waals surface area contributed by atoms with Crippen molar-refractivity contribution in [3.63, 3.8) is 0 Å². The minimum absolute atomic E-state index is 0.698. The first-order valence-corrected chi connectivity index (χ1v) is 9.08. The number of rotatable bonds is 4. The molecular formula is C19H18N4S. The second-order valence-electron chi connectivity index (χ2n) is 5.88. The summed E-state index contributed by atoms with van der Waals surface area (Å²) in [6.07, 6.45) is 11.0. The number of allylic oxidation sites excluding steroid dienone is 1. The van der Waals surface area contributed by atoms with Gasteiger partial charge in [0.25, 0.3) is 0 Å². The number of nitrogens with zero attached hydrogens (tertiary/aromatic N) is 4. The fourth-order valence-corrected chi connectivity index (χ4v) is 4.31. The van der Waals surface area contributed by atoms with Crippen molar-refractivity contribution in [3.8, 4) is 0 Å². The number of hydrogen-bond acceptors (Lipinski definition) is 5. The monoisotopic (exact) mass is 334 g/mol. The zero-order valence-corrected chi connectivity index (χ0v) is 14.2. The van der Waals surface area contributed by atoms with Crippen molar-refractivity contribution in [3.05, 3.63) is 64.9 Å². The third-order valence-corrected chi connectivity index (χ3v) is 5.45. The van der Waals surface area contributed by atoms with Crippen molar-refractivity contribution >= 4 is 27.4 Å². The Morgan fingerprint density at radius 2 is 1.96 bits per heavy atom. The van der Waals surface area contributed by atoms with Crippen LogP contribution in [0.5, 0.6) is 0 Å². The lowest BCUT2D eigenvalue weighted by Gasteiger charge is -2.10. The Morgan fingerprint density at radius 1 is 1.08 bits per heavy atom. The van der Waals surface area contributed by atoms with Crippen LogP contribution >= 0.6 is 11.3 Å². The molecule has 4 rings (SSSR count). The maximum absolute atomic E-state index is 4.42. The van der Waals surface area contributed by atoms with Gasteiger partial charge in [0, 0.05) is 11.1 Å². The van der Waals surface area contributed by atoms with E-state index in [1.807, 2.05) is 24.3 Å². The molecule has 0 bridgehead atoms. The summed E-state index contributed by atoms with van der Waals surface area (Å²) in [5.41, 5.74) is 2.66. The molecule has 1 aliphatic carbocycles. The summed E-state index contributed by atoms with van der Waals surface area (Å²) < 4.78 is 0. The Kier molecular flexibility index (Phi) is 4.42. The van der Waals surface area contributed by atoms with Gasteiger partial charge >= 0.3 is 0 Å². The van der Waals surface area contributed by atoms with E-state index in [0.717, 1.165) is 29.5 Å². The topological polar surface area (TPSA) is 50.5 Å². The predicted molar refractivity (Wildman–Crippen MR) is 97.9 cm³/mol. The van der Waals surface area contributed by atoms with Crippen LogP contribution in [0.25, 0.3) is 10.2 Å². The standard InChI is InChI=1S/C19H18N4S/c1-2-7-14(8-3-1)9-6-12-22-23-18-17-15-10-4-5-11-16(15)24-19(17)21-13-20-18/h1-3,6-8,12-13H,4-5,9-11H2/b12-6+,23-22?. The summed E-state index contributed by atoms with van der Waals surface area (Å²) in [5.74, 6) is 0.698. The van der Waals surface area contributed by atoms with Crippen LogP contribution in [-0.2, 0) is 19.3 Å². The van der Waals surface area contributed by atoms with Gasteiger partial charge in [0.05, 0.1) is 5.39 Å². The molecule has 24 heavy (non-hydrogen) atoms. The van der Waals surface area contributed by atoms with E-state index in [-0.39, 0.29) is 0 Å². The highest BCUT2D eigenvalue weighted by molar-refractivity contribution is 7.18. The van der Waals surface area contributed by atoms with Crippen molar-refractivity contribution in [1.82, 2.24) is 9.97 Å². The average molecular weight is 334 g/mol. The second kappa shape index (κ2) is 7.01. The molecular weight excluding hydrogens is 316 g/mol. The fourth-order valence-electron chi connectivity index (χ4n) is 3.09. The van der Waals surface area contributed by atoms with E-state index in [0.29, 0.717) is 5.82 Å². The van der Waals surface area contributed by atoms with Gasteiger partial charge in [-0.2, -0.15) is 5.11 Å². The van der Waals surface area contributed by atoms with Crippen LogP contribution in [0.3, 0.4) is 0 Å². The van der Waals surface area contributed by atoms with Crippen molar-refractivity contribution < 1.29 is 0 Å². The molecule has 2 heterocycles. The largest absolute Gasteiger partial charge is 0.225 e. The van der Waals surface area contributed by atoms with Crippen LogP contribution in [0.15, 0.2) is 59.2 Å². The molecule has 1 aromatic carbocycles. The zero-order chi connectivity index (χ0) is 16.2. The van der Waals surface area contributed by atoms with E-state index >= 15 is 0 Å². The Labute approximate surface area is 145 Å². The number of benzene rings is 1. The molecule has 5 heteroatoms. The highest BCUT2D eigenvalue weighted by atomic mass is 32.1. The highest BCUT2D eigenvalue weighted by Gasteiger charge is 2.19. The van der Waals surface area contributed by atoms with Crippen molar-refractivity contribution in [2.24, 2.45) is 10.2 Å². The number of thiophene rings is 1. The molecule has 0 atom stereocenters. The van der Waals surface area contributed by atoms with Crippen molar-refractivity contribution in [2.45, 2.75) is 32.1 Å². The van der Waals surface area contributed by atoms with E-state index in [9.17, 15) is 0 Å². The van der Waals surface area contributed by atoms with Crippen molar-refractivity contribution in [1.29, 1.82) is 0 Å². The molecule has 4 nitrogen and oxygen atoms in total. The summed E-state index contributed by atoms with van der Waals surface area (Å²) >= 11 is 1.78. The molecule has 0 N–H and O–H groups in total. The molecule has 0 unspecified atom stereocenters. The molecule has 3 aromatic rings. The molecule has 0 saturated carbocycles. The zero-order valence-electron chi connectivity index (χ0n) is 13.4. The summed E-state index contributed by atoms with van der Waals surface area (Å²) in [5, 5.41) is 9.64. The van der Waals surface area contributed by atoms with Crippen LogP contribution < -0.4 is 0 Å². The van der Waals surface area contributed by atoms with E-state index in [4.69, 9.17) is 0 Å². The molecule has 0 amide bonds. The summed E-state index contributed by atoms with van der Waals surface area (Å²) in [4.78, 5) is 11.3. The van der Waals surface area contributed by atoms with E-state index in [2.05, 4.69) is 32.3 Å².